The SMILES string of the molecule is COc1ccccc1CNCCCCCCNCCCCNCCCCCCNCc1ccccc1OC.Cl. The van der Waals surface area contributed by atoms with E-state index in [0.29, 0.717) is 0 Å². The van der Waals surface area contributed by atoms with Gasteiger partial charge in [0.1, 0.15) is 11.5 Å². The van der Waals surface area contributed by atoms with E-state index in [4.69, 9.17) is 9.47 Å². The van der Waals surface area contributed by atoms with Crippen LogP contribution < -0.4 is 30.7 Å². The van der Waals surface area contributed by atoms with E-state index in [1.807, 2.05) is 24.3 Å². The van der Waals surface area contributed by atoms with Gasteiger partial charge in [-0.05, 0) is 89.9 Å². The molecule has 0 radical (unpaired) electrons. The van der Waals surface area contributed by atoms with Crippen molar-refractivity contribution in [2.24, 2.45) is 0 Å². The fourth-order valence-electron chi connectivity index (χ4n) is 4.60. The Morgan fingerprint density at radius 3 is 1.10 bits per heavy atom. The summed E-state index contributed by atoms with van der Waals surface area (Å²) in [7, 11) is 3.47. The molecule has 222 valence electrons. The van der Waals surface area contributed by atoms with Crippen LogP contribution in [0.25, 0.3) is 0 Å². The summed E-state index contributed by atoms with van der Waals surface area (Å²) in [6.07, 6.45) is 12.8. The Balaban J connectivity index is 0.00000760. The summed E-state index contributed by atoms with van der Waals surface area (Å²) in [5.41, 5.74) is 2.46. The van der Waals surface area contributed by atoms with E-state index in [1.165, 1.54) is 75.3 Å². The highest BCUT2D eigenvalue weighted by molar-refractivity contribution is 5.85. The molecule has 0 spiro atoms. The normalized spacial score (nSPS) is 10.8. The number of hydrogen-bond acceptors (Lipinski definition) is 6. The molecule has 39 heavy (non-hydrogen) atoms. The maximum atomic E-state index is 5.40. The zero-order valence-electron chi connectivity index (χ0n) is 24.6. The topological polar surface area (TPSA) is 66.6 Å². The van der Waals surface area contributed by atoms with E-state index < -0.39 is 0 Å². The number of ether oxygens (including phenoxy) is 2. The number of rotatable bonds is 25. The highest BCUT2D eigenvalue weighted by Gasteiger charge is 2.01. The fraction of sp³-hybridized carbons (Fsp3) is 0.625. The second-order valence-electron chi connectivity index (χ2n) is 10.0. The van der Waals surface area contributed by atoms with Crippen LogP contribution in [0.4, 0.5) is 0 Å². The summed E-state index contributed by atoms with van der Waals surface area (Å²) in [6.45, 7) is 8.48. The molecule has 0 amide bonds. The molecule has 7 heteroatoms. The van der Waals surface area contributed by atoms with Gasteiger partial charge in [-0.15, -0.1) is 12.4 Å². The van der Waals surface area contributed by atoms with Gasteiger partial charge in [-0.1, -0.05) is 62.1 Å². The van der Waals surface area contributed by atoms with Gasteiger partial charge in [-0.2, -0.15) is 0 Å². The first-order valence-electron chi connectivity index (χ1n) is 14.9. The third-order valence-corrected chi connectivity index (χ3v) is 6.89. The summed E-state index contributed by atoms with van der Waals surface area (Å²) < 4.78 is 10.8. The Labute approximate surface area is 244 Å². The predicted octanol–water partition coefficient (Wildman–Crippen LogP) is 6.09. The number of unbranched alkanes of at least 4 members (excludes halogenated alkanes) is 7. The highest BCUT2D eigenvalue weighted by atomic mass is 35.5. The lowest BCUT2D eigenvalue weighted by atomic mass is 10.1. The molecule has 0 aliphatic heterocycles. The van der Waals surface area contributed by atoms with Gasteiger partial charge in [-0.25, -0.2) is 0 Å². The number of benzene rings is 2. The molecule has 2 aromatic rings. The molecule has 0 saturated heterocycles. The summed E-state index contributed by atoms with van der Waals surface area (Å²) in [4.78, 5) is 0. The first-order chi connectivity index (χ1) is 18.8. The summed E-state index contributed by atoms with van der Waals surface area (Å²) in [5, 5.41) is 14.3. The molecular formula is C32H55ClN4O2. The Morgan fingerprint density at radius 1 is 0.436 bits per heavy atom. The molecule has 0 saturated carbocycles. The standard InChI is InChI=1S/C32H54N4O2.ClH/c1-37-31-19-9-7-17-29(31)27-35-25-13-5-3-11-21-33-23-15-16-24-34-22-12-4-6-14-26-36-28-30-18-8-10-20-32(30)38-2;/h7-10,17-20,33-36H,3-6,11-16,21-28H2,1-2H3;1H. The maximum absolute atomic E-state index is 5.40. The van der Waals surface area contributed by atoms with Crippen LogP contribution in [-0.4, -0.2) is 53.5 Å². The van der Waals surface area contributed by atoms with E-state index in [-0.39, 0.29) is 12.4 Å². The van der Waals surface area contributed by atoms with Crippen molar-refractivity contribution in [3.05, 3.63) is 59.7 Å². The lowest BCUT2D eigenvalue weighted by Crippen LogP contribution is -2.20. The Morgan fingerprint density at radius 2 is 0.744 bits per heavy atom. The highest BCUT2D eigenvalue weighted by Crippen LogP contribution is 2.17. The van der Waals surface area contributed by atoms with Gasteiger partial charge < -0.3 is 30.7 Å². The maximum Gasteiger partial charge on any atom is 0.123 e. The van der Waals surface area contributed by atoms with Crippen molar-refractivity contribution in [2.45, 2.75) is 77.3 Å². The molecule has 0 fully saturated rings. The fourth-order valence-corrected chi connectivity index (χ4v) is 4.60. The minimum Gasteiger partial charge on any atom is -0.496 e. The average molecular weight is 563 g/mol. The predicted molar refractivity (Wildman–Crippen MR) is 169 cm³/mol. The molecule has 0 aliphatic rings. The zero-order chi connectivity index (χ0) is 26.9. The molecular weight excluding hydrogens is 508 g/mol. The Kier molecular flexibility index (Phi) is 22.7. The van der Waals surface area contributed by atoms with Crippen molar-refractivity contribution < 1.29 is 9.47 Å². The number of halogens is 1. The van der Waals surface area contributed by atoms with Crippen molar-refractivity contribution in [1.82, 2.24) is 21.3 Å². The van der Waals surface area contributed by atoms with Crippen LogP contribution in [0.2, 0.25) is 0 Å². The Bertz CT molecular complexity index is 757. The van der Waals surface area contributed by atoms with Crippen molar-refractivity contribution in [3.8, 4) is 11.5 Å². The largest absolute Gasteiger partial charge is 0.496 e. The van der Waals surface area contributed by atoms with Crippen molar-refractivity contribution in [1.29, 1.82) is 0 Å². The van der Waals surface area contributed by atoms with Gasteiger partial charge in [-0.3, -0.25) is 0 Å². The minimum absolute atomic E-state index is 0. The van der Waals surface area contributed by atoms with Crippen LogP contribution in [0.5, 0.6) is 11.5 Å². The van der Waals surface area contributed by atoms with E-state index >= 15 is 0 Å². The van der Waals surface area contributed by atoms with Gasteiger partial charge in [0, 0.05) is 24.2 Å². The monoisotopic (exact) mass is 562 g/mol. The van der Waals surface area contributed by atoms with Crippen LogP contribution in [0, 0.1) is 0 Å². The first-order valence-corrected chi connectivity index (χ1v) is 14.9. The van der Waals surface area contributed by atoms with Crippen molar-refractivity contribution >= 4 is 12.4 Å². The van der Waals surface area contributed by atoms with Crippen molar-refractivity contribution in [3.63, 3.8) is 0 Å². The lowest BCUT2D eigenvalue weighted by Gasteiger charge is -2.09. The lowest BCUT2D eigenvalue weighted by molar-refractivity contribution is 0.407. The zero-order valence-corrected chi connectivity index (χ0v) is 25.4. The van der Waals surface area contributed by atoms with Gasteiger partial charge >= 0.3 is 0 Å². The minimum atomic E-state index is 0. The van der Waals surface area contributed by atoms with Crippen LogP contribution in [0.3, 0.4) is 0 Å². The smallest absolute Gasteiger partial charge is 0.123 e. The molecule has 2 rings (SSSR count). The molecule has 4 N–H and O–H groups in total. The van der Waals surface area contributed by atoms with Gasteiger partial charge in [0.25, 0.3) is 0 Å². The van der Waals surface area contributed by atoms with E-state index in [9.17, 15) is 0 Å². The summed E-state index contributed by atoms with van der Waals surface area (Å²) in [5.74, 6) is 1.94. The third kappa shape index (κ3) is 17.5. The number of para-hydroxylation sites is 2. The van der Waals surface area contributed by atoms with E-state index in [1.54, 1.807) is 14.2 Å². The van der Waals surface area contributed by atoms with Gasteiger partial charge in [0.15, 0.2) is 0 Å². The van der Waals surface area contributed by atoms with Gasteiger partial charge in [0.05, 0.1) is 14.2 Å². The van der Waals surface area contributed by atoms with Crippen molar-refractivity contribution in [2.75, 3.05) is 53.5 Å². The molecule has 0 aliphatic carbocycles. The van der Waals surface area contributed by atoms with Crippen LogP contribution in [0.1, 0.15) is 75.3 Å². The number of nitrogens with one attached hydrogen (secondary N) is 4. The number of hydrogen-bond donors (Lipinski definition) is 4. The van der Waals surface area contributed by atoms with Gasteiger partial charge in [0.2, 0.25) is 0 Å². The third-order valence-electron chi connectivity index (χ3n) is 6.89. The average Bonchev–Trinajstić information content (AvgIpc) is 2.96. The summed E-state index contributed by atoms with van der Waals surface area (Å²) >= 11 is 0. The molecule has 2 aromatic carbocycles. The van der Waals surface area contributed by atoms with E-state index in [0.717, 1.165) is 63.9 Å². The molecule has 6 nitrogen and oxygen atoms in total. The first kappa shape index (κ1) is 35.2. The molecule has 0 heterocycles. The van der Waals surface area contributed by atoms with Crippen LogP contribution in [0.15, 0.2) is 48.5 Å². The summed E-state index contributed by atoms with van der Waals surface area (Å²) in [6, 6.07) is 16.5. The molecule has 0 aromatic heterocycles. The quantitative estimate of drug-likeness (QED) is 0.110. The number of methoxy groups -OCH3 is 2. The van der Waals surface area contributed by atoms with E-state index in [2.05, 4.69) is 45.5 Å². The van der Waals surface area contributed by atoms with Crippen LogP contribution >= 0.6 is 12.4 Å². The second-order valence-corrected chi connectivity index (χ2v) is 10.0. The molecule has 0 atom stereocenters. The Hall–Kier alpha value is -1.83. The van der Waals surface area contributed by atoms with Crippen LogP contribution in [-0.2, 0) is 13.1 Å². The second kappa shape index (κ2) is 25.2. The molecule has 0 unspecified atom stereocenters. The molecule has 0 bridgehead atoms.